The Kier molecular flexibility index (Phi) is 5.64. The number of hydrogen-bond acceptors (Lipinski definition) is 6. The van der Waals surface area contributed by atoms with Crippen LogP contribution in [0, 0.1) is 12.8 Å². The average Bonchev–Trinajstić information content (AvgIpc) is 3.70. The summed E-state index contributed by atoms with van der Waals surface area (Å²) in [5, 5.41) is 2.53. The average molecular weight is 466 g/mol. The van der Waals surface area contributed by atoms with Crippen LogP contribution in [0.15, 0.2) is 41.6 Å². The first-order chi connectivity index (χ1) is 15.8. The number of benzene rings is 1. The summed E-state index contributed by atoms with van der Waals surface area (Å²) in [6.07, 6.45) is 9.95. The molecule has 3 aliphatic carbocycles. The van der Waals surface area contributed by atoms with Crippen molar-refractivity contribution in [2.24, 2.45) is 5.92 Å². The number of hydrogen-bond donors (Lipinski definition) is 1. The number of anilines is 1. The number of aryl methyl sites for hydroxylation is 1. The third-order valence-corrected chi connectivity index (χ3v) is 8.89. The van der Waals surface area contributed by atoms with E-state index in [0.29, 0.717) is 41.1 Å². The Balaban J connectivity index is 1.52. The van der Waals surface area contributed by atoms with Gasteiger partial charge in [0.25, 0.3) is 5.91 Å². The van der Waals surface area contributed by atoms with Crippen molar-refractivity contribution < 1.29 is 18.0 Å². The fraction of sp³-hybridized carbons (Fsp3) is 0.440. The number of nitrogens with zero attached hydrogens (tertiary/aromatic N) is 2. The summed E-state index contributed by atoms with van der Waals surface area (Å²) in [5.41, 5.74) is 2.67. The molecule has 7 nitrogen and oxygen atoms in total. The number of ketones is 1. The summed E-state index contributed by atoms with van der Waals surface area (Å²) in [6, 6.07) is 5.27. The lowest BCUT2D eigenvalue weighted by atomic mass is 9.95. The lowest BCUT2D eigenvalue weighted by Gasteiger charge is -2.15. The highest BCUT2D eigenvalue weighted by Gasteiger charge is 2.40. The summed E-state index contributed by atoms with van der Waals surface area (Å²) in [5.74, 6) is 0.404. The second-order valence-electron chi connectivity index (χ2n) is 9.39. The van der Waals surface area contributed by atoms with Crippen LogP contribution in [0.25, 0.3) is 5.57 Å². The molecular formula is C25H27N3O4S. The zero-order valence-electron chi connectivity index (χ0n) is 18.6. The smallest absolute Gasteiger partial charge is 0.257 e. The van der Waals surface area contributed by atoms with Crippen molar-refractivity contribution in [3.63, 3.8) is 0 Å². The summed E-state index contributed by atoms with van der Waals surface area (Å²) in [7, 11) is -3.33. The quantitative estimate of drug-likeness (QED) is 0.620. The Bertz CT molecular complexity index is 1240. The van der Waals surface area contributed by atoms with Crippen molar-refractivity contribution >= 4 is 32.9 Å². The maximum Gasteiger partial charge on any atom is 0.257 e. The van der Waals surface area contributed by atoms with Gasteiger partial charge in [0.15, 0.2) is 15.7 Å². The van der Waals surface area contributed by atoms with Gasteiger partial charge in [-0.05, 0) is 74.1 Å². The molecule has 0 saturated heterocycles. The van der Waals surface area contributed by atoms with Crippen LogP contribution in [-0.4, -0.2) is 35.3 Å². The molecule has 172 valence electrons. The molecule has 0 bridgehead atoms. The van der Waals surface area contributed by atoms with Crippen molar-refractivity contribution in [3.05, 3.63) is 53.5 Å². The van der Waals surface area contributed by atoms with Gasteiger partial charge in [0.1, 0.15) is 5.78 Å². The molecule has 1 aromatic heterocycles. The summed E-state index contributed by atoms with van der Waals surface area (Å²) in [6.45, 7) is 1.82. The molecule has 0 radical (unpaired) electrons. The Morgan fingerprint density at radius 1 is 1.09 bits per heavy atom. The van der Waals surface area contributed by atoms with Gasteiger partial charge in [0.05, 0.1) is 28.2 Å². The third-order valence-electron chi connectivity index (χ3n) is 6.56. The molecule has 3 aliphatic rings. The molecule has 0 aliphatic heterocycles. The van der Waals surface area contributed by atoms with Gasteiger partial charge in [-0.15, -0.1) is 0 Å². The number of aromatic nitrogens is 2. The Hall–Kier alpha value is -2.87. The second kappa shape index (κ2) is 8.48. The minimum absolute atomic E-state index is 0.0124. The molecule has 0 unspecified atom stereocenters. The second-order valence-corrected chi connectivity index (χ2v) is 11.6. The van der Waals surface area contributed by atoms with E-state index in [0.717, 1.165) is 36.9 Å². The van der Waals surface area contributed by atoms with E-state index < -0.39 is 9.84 Å². The first kappa shape index (κ1) is 21.9. The maximum atomic E-state index is 13.3. The van der Waals surface area contributed by atoms with Crippen molar-refractivity contribution in [1.29, 1.82) is 0 Å². The molecule has 1 aromatic carbocycles. The van der Waals surface area contributed by atoms with E-state index in [9.17, 15) is 18.0 Å². The largest absolute Gasteiger partial charge is 0.305 e. The lowest BCUT2D eigenvalue weighted by Crippen LogP contribution is -2.17. The highest BCUT2D eigenvalue weighted by atomic mass is 32.2. The highest BCUT2D eigenvalue weighted by Crippen LogP contribution is 2.46. The molecule has 3 saturated carbocycles. The normalized spacial score (nSPS) is 21.3. The highest BCUT2D eigenvalue weighted by molar-refractivity contribution is 7.92. The monoisotopic (exact) mass is 465 g/mol. The van der Waals surface area contributed by atoms with Crippen LogP contribution < -0.4 is 5.32 Å². The van der Waals surface area contributed by atoms with Crippen molar-refractivity contribution in [1.82, 2.24) is 9.97 Å². The number of Topliss-reactive ketones (excluding diaryl/α,β-unsaturated/α-hetero) is 1. The van der Waals surface area contributed by atoms with Gasteiger partial charge in [0, 0.05) is 18.4 Å². The zero-order chi connectivity index (χ0) is 23.2. The van der Waals surface area contributed by atoms with Crippen molar-refractivity contribution in [3.8, 4) is 0 Å². The molecule has 1 N–H and O–H groups in total. The minimum atomic E-state index is -3.33. The van der Waals surface area contributed by atoms with E-state index in [2.05, 4.69) is 15.3 Å². The van der Waals surface area contributed by atoms with Gasteiger partial charge < -0.3 is 5.32 Å². The van der Waals surface area contributed by atoms with E-state index in [1.54, 1.807) is 18.3 Å². The minimum Gasteiger partial charge on any atom is -0.305 e. The summed E-state index contributed by atoms with van der Waals surface area (Å²) >= 11 is 0. The van der Waals surface area contributed by atoms with E-state index >= 15 is 0 Å². The number of carbonyl (C=O) groups excluding carboxylic acids is 2. The van der Waals surface area contributed by atoms with Crippen LogP contribution in [-0.2, 0) is 19.4 Å². The van der Waals surface area contributed by atoms with Crippen LogP contribution in [0.1, 0.15) is 67.7 Å². The molecule has 3 fully saturated rings. The third kappa shape index (κ3) is 4.76. The van der Waals surface area contributed by atoms with Crippen LogP contribution in [0.4, 0.5) is 5.82 Å². The van der Waals surface area contributed by atoms with Crippen LogP contribution in [0.2, 0.25) is 0 Å². The Morgan fingerprint density at radius 3 is 2.48 bits per heavy atom. The fourth-order valence-corrected chi connectivity index (χ4v) is 6.34. The molecular weight excluding hydrogens is 438 g/mol. The molecule has 1 atom stereocenters. The molecule has 2 aromatic rings. The number of sulfone groups is 1. The van der Waals surface area contributed by atoms with E-state index in [1.807, 2.05) is 19.1 Å². The molecule has 8 heteroatoms. The molecule has 5 rings (SSSR count). The number of carbonyl (C=O) groups is 2. The predicted molar refractivity (Wildman–Crippen MR) is 124 cm³/mol. The van der Waals surface area contributed by atoms with Gasteiger partial charge in [-0.25, -0.2) is 13.4 Å². The molecule has 1 amide bonds. The van der Waals surface area contributed by atoms with Crippen LogP contribution >= 0.6 is 0 Å². The zero-order valence-corrected chi connectivity index (χ0v) is 19.4. The maximum absolute atomic E-state index is 13.3. The first-order valence-electron chi connectivity index (χ1n) is 11.5. The van der Waals surface area contributed by atoms with E-state index in [-0.39, 0.29) is 28.8 Å². The first-order valence-corrected chi connectivity index (χ1v) is 13.1. The summed E-state index contributed by atoms with van der Waals surface area (Å²) in [4.78, 5) is 33.9. The molecule has 33 heavy (non-hydrogen) atoms. The number of allylic oxidation sites excluding steroid dienone is 1. The fourth-order valence-electron chi connectivity index (χ4n) is 4.41. The molecule has 1 heterocycles. The summed E-state index contributed by atoms with van der Waals surface area (Å²) < 4.78 is 26.0. The predicted octanol–water partition coefficient (Wildman–Crippen LogP) is 3.99. The topological polar surface area (TPSA) is 106 Å². The van der Waals surface area contributed by atoms with Crippen LogP contribution in [0.5, 0.6) is 0 Å². The van der Waals surface area contributed by atoms with Gasteiger partial charge in [0.2, 0.25) is 0 Å². The lowest BCUT2D eigenvalue weighted by molar-refractivity contribution is -0.117. The standard InChI is InChI=1S/C25H27N3O4S/c1-15-13-27-24(14-26-15)28-25(30)22(11-16-2-6-19(29)10-16)18-5-9-23(21(12-18)17-3-4-17)33(31,32)20-7-8-20/h5,9,11-14,16-17,20H,2-4,6-8,10H2,1H3,(H,27,28,30)/b22-11+/t16-/m1/s1. The Labute approximate surface area is 193 Å². The van der Waals surface area contributed by atoms with E-state index in [4.69, 9.17) is 0 Å². The van der Waals surface area contributed by atoms with Gasteiger partial charge in [-0.2, -0.15) is 0 Å². The van der Waals surface area contributed by atoms with Gasteiger partial charge in [-0.3, -0.25) is 14.6 Å². The number of amides is 1. The molecule has 0 spiro atoms. The Morgan fingerprint density at radius 2 is 1.88 bits per heavy atom. The number of nitrogens with one attached hydrogen (secondary N) is 1. The van der Waals surface area contributed by atoms with Gasteiger partial charge >= 0.3 is 0 Å². The van der Waals surface area contributed by atoms with Gasteiger partial charge in [-0.1, -0.05) is 12.1 Å². The van der Waals surface area contributed by atoms with Crippen molar-refractivity contribution in [2.75, 3.05) is 5.32 Å². The van der Waals surface area contributed by atoms with E-state index in [1.165, 1.54) is 6.20 Å². The SMILES string of the molecule is Cc1cnc(NC(=O)/C(=C/[C@@H]2CCC(=O)C2)c2ccc(S(=O)(=O)C3CC3)c(C3CC3)c2)cn1. The van der Waals surface area contributed by atoms with Crippen LogP contribution in [0.3, 0.4) is 0 Å². The number of rotatable bonds is 7. The van der Waals surface area contributed by atoms with Crippen molar-refractivity contribution in [2.45, 2.75) is 67.9 Å².